The van der Waals surface area contributed by atoms with Crippen molar-refractivity contribution in [1.29, 1.82) is 0 Å². The van der Waals surface area contributed by atoms with Crippen molar-refractivity contribution in [3.63, 3.8) is 0 Å². The van der Waals surface area contributed by atoms with Crippen LogP contribution in [0, 0.1) is 0 Å². The van der Waals surface area contributed by atoms with Gasteiger partial charge >= 0.3 is 0 Å². The molecule has 0 amide bonds. The molecular weight excluding hydrogens is 348 g/mol. The Balaban J connectivity index is 1.51. The lowest BCUT2D eigenvalue weighted by Crippen LogP contribution is -2.38. The third kappa shape index (κ3) is 5.99. The van der Waals surface area contributed by atoms with Crippen molar-refractivity contribution in [2.75, 3.05) is 33.8 Å². The average Bonchev–Trinajstić information content (AvgIpc) is 3.14. The maximum atomic E-state index is 5.58. The van der Waals surface area contributed by atoms with Crippen LogP contribution in [0.25, 0.3) is 0 Å². The highest BCUT2D eigenvalue weighted by Gasteiger charge is 2.11. The van der Waals surface area contributed by atoms with Crippen LogP contribution in [0.2, 0.25) is 0 Å². The summed E-state index contributed by atoms with van der Waals surface area (Å²) >= 11 is 0. The molecule has 1 aliphatic rings. The van der Waals surface area contributed by atoms with Gasteiger partial charge in [0.05, 0.1) is 13.2 Å². The van der Waals surface area contributed by atoms with E-state index in [4.69, 9.17) is 9.73 Å². The molecule has 0 fully saturated rings. The normalized spacial score (nSPS) is 13.4. The molecule has 1 heterocycles. The Hall–Kier alpha value is -2.53. The molecule has 5 nitrogen and oxygen atoms in total. The molecule has 2 aromatic rings. The minimum Gasteiger partial charge on any atom is -0.493 e. The van der Waals surface area contributed by atoms with E-state index in [1.807, 2.05) is 0 Å². The molecular formula is C23H32N4O. The maximum absolute atomic E-state index is 5.58. The molecule has 2 N–H and O–H groups in total. The summed E-state index contributed by atoms with van der Waals surface area (Å²) in [5, 5.41) is 6.78. The van der Waals surface area contributed by atoms with Crippen LogP contribution >= 0.6 is 0 Å². The number of fused-ring (bicyclic) bond motifs is 1. The Morgan fingerprint density at radius 3 is 2.54 bits per heavy atom. The summed E-state index contributed by atoms with van der Waals surface area (Å²) in [6.45, 7) is 6.24. The summed E-state index contributed by atoms with van der Waals surface area (Å²) in [7, 11) is 4.17. The maximum Gasteiger partial charge on any atom is 0.191 e. The second-order valence-corrected chi connectivity index (χ2v) is 7.47. The molecule has 2 aromatic carbocycles. The third-order valence-electron chi connectivity index (χ3n) is 4.75. The van der Waals surface area contributed by atoms with Gasteiger partial charge in [-0.25, -0.2) is 4.99 Å². The Kier molecular flexibility index (Phi) is 7.31. The SMILES string of the molecule is CCNC(=NCc1ccc(CN(C)C)cc1)NCCc1ccc2c(c1)CCO2. The molecule has 0 saturated heterocycles. The van der Waals surface area contributed by atoms with E-state index in [1.54, 1.807) is 0 Å². The fourth-order valence-electron chi connectivity index (χ4n) is 3.35. The molecule has 0 saturated carbocycles. The molecule has 150 valence electrons. The lowest BCUT2D eigenvalue weighted by molar-refractivity contribution is 0.357. The van der Waals surface area contributed by atoms with Crippen molar-refractivity contribution >= 4 is 5.96 Å². The molecule has 0 atom stereocenters. The number of benzene rings is 2. The Morgan fingerprint density at radius 2 is 1.79 bits per heavy atom. The second kappa shape index (κ2) is 10.1. The van der Waals surface area contributed by atoms with Crippen molar-refractivity contribution in [3.8, 4) is 5.75 Å². The van der Waals surface area contributed by atoms with E-state index >= 15 is 0 Å². The lowest BCUT2D eigenvalue weighted by Gasteiger charge is -2.12. The summed E-state index contributed by atoms with van der Waals surface area (Å²) < 4.78 is 5.58. The standard InChI is InChI=1S/C23H32N4O/c1-4-24-23(26-16-19-5-7-20(8-6-19)17-27(2)3)25-13-11-18-9-10-22-21(15-18)12-14-28-22/h5-10,15H,4,11-14,16-17H2,1-3H3,(H2,24,25,26). The topological polar surface area (TPSA) is 48.9 Å². The van der Waals surface area contributed by atoms with Gasteiger partial charge in [-0.05, 0) is 55.8 Å². The predicted octanol–water partition coefficient (Wildman–Crippen LogP) is 2.98. The first kappa shape index (κ1) is 20.2. The van der Waals surface area contributed by atoms with Gasteiger partial charge in [-0.3, -0.25) is 0 Å². The van der Waals surface area contributed by atoms with Crippen molar-refractivity contribution < 1.29 is 4.74 Å². The minimum atomic E-state index is 0.674. The first-order chi connectivity index (χ1) is 13.6. The minimum absolute atomic E-state index is 0.674. The Bertz CT molecular complexity index is 784. The number of ether oxygens (including phenoxy) is 1. The first-order valence-corrected chi connectivity index (χ1v) is 10.1. The van der Waals surface area contributed by atoms with Crippen LogP contribution in [0.4, 0.5) is 0 Å². The fraction of sp³-hybridized carbons (Fsp3) is 0.435. The van der Waals surface area contributed by atoms with Gasteiger partial charge in [0.1, 0.15) is 5.75 Å². The zero-order valence-corrected chi connectivity index (χ0v) is 17.3. The van der Waals surface area contributed by atoms with E-state index in [0.717, 1.165) is 50.8 Å². The van der Waals surface area contributed by atoms with Gasteiger partial charge < -0.3 is 20.3 Å². The molecule has 0 spiro atoms. The summed E-state index contributed by atoms with van der Waals surface area (Å²) in [4.78, 5) is 6.90. The van der Waals surface area contributed by atoms with Crippen LogP contribution in [0.5, 0.6) is 5.75 Å². The van der Waals surface area contributed by atoms with Crippen LogP contribution in [0.15, 0.2) is 47.5 Å². The van der Waals surface area contributed by atoms with E-state index in [2.05, 4.69) is 79.0 Å². The Morgan fingerprint density at radius 1 is 1.04 bits per heavy atom. The van der Waals surface area contributed by atoms with Crippen molar-refractivity contribution in [2.45, 2.75) is 32.9 Å². The van der Waals surface area contributed by atoms with Crippen LogP contribution in [0.3, 0.4) is 0 Å². The summed E-state index contributed by atoms with van der Waals surface area (Å²) in [6, 6.07) is 15.2. The predicted molar refractivity (Wildman–Crippen MR) is 116 cm³/mol. The van der Waals surface area contributed by atoms with E-state index in [1.165, 1.54) is 22.3 Å². The fourth-order valence-corrected chi connectivity index (χ4v) is 3.35. The molecule has 0 unspecified atom stereocenters. The molecule has 0 bridgehead atoms. The van der Waals surface area contributed by atoms with E-state index in [-0.39, 0.29) is 0 Å². The van der Waals surface area contributed by atoms with Crippen LogP contribution < -0.4 is 15.4 Å². The van der Waals surface area contributed by atoms with Crippen LogP contribution in [-0.2, 0) is 25.9 Å². The summed E-state index contributed by atoms with van der Waals surface area (Å²) in [6.07, 6.45) is 1.99. The van der Waals surface area contributed by atoms with E-state index < -0.39 is 0 Å². The number of rotatable bonds is 8. The Labute approximate surface area is 168 Å². The molecule has 0 aromatic heterocycles. The molecule has 3 rings (SSSR count). The van der Waals surface area contributed by atoms with Gasteiger partial charge in [-0.1, -0.05) is 36.4 Å². The zero-order chi connectivity index (χ0) is 19.8. The van der Waals surface area contributed by atoms with Gasteiger partial charge in [0.15, 0.2) is 5.96 Å². The number of guanidine groups is 1. The van der Waals surface area contributed by atoms with Gasteiger partial charge in [0, 0.05) is 26.1 Å². The average molecular weight is 381 g/mol. The quantitative estimate of drug-likeness (QED) is 0.546. The molecule has 28 heavy (non-hydrogen) atoms. The van der Waals surface area contributed by atoms with E-state index in [0.29, 0.717) is 6.54 Å². The highest BCUT2D eigenvalue weighted by atomic mass is 16.5. The van der Waals surface area contributed by atoms with Gasteiger partial charge in [-0.15, -0.1) is 0 Å². The molecule has 1 aliphatic heterocycles. The summed E-state index contributed by atoms with van der Waals surface area (Å²) in [5.74, 6) is 1.91. The zero-order valence-electron chi connectivity index (χ0n) is 17.3. The second-order valence-electron chi connectivity index (χ2n) is 7.47. The van der Waals surface area contributed by atoms with Crippen LogP contribution in [0.1, 0.15) is 29.2 Å². The smallest absolute Gasteiger partial charge is 0.191 e. The molecule has 0 radical (unpaired) electrons. The van der Waals surface area contributed by atoms with Crippen molar-refractivity contribution in [3.05, 3.63) is 64.7 Å². The number of hydrogen-bond acceptors (Lipinski definition) is 3. The number of aliphatic imine (C=N–C) groups is 1. The van der Waals surface area contributed by atoms with E-state index in [9.17, 15) is 0 Å². The number of nitrogens with zero attached hydrogens (tertiary/aromatic N) is 2. The number of hydrogen-bond donors (Lipinski definition) is 2. The number of nitrogens with one attached hydrogen (secondary N) is 2. The van der Waals surface area contributed by atoms with Crippen molar-refractivity contribution in [1.82, 2.24) is 15.5 Å². The van der Waals surface area contributed by atoms with Gasteiger partial charge in [0.25, 0.3) is 0 Å². The third-order valence-corrected chi connectivity index (χ3v) is 4.75. The largest absolute Gasteiger partial charge is 0.493 e. The highest BCUT2D eigenvalue weighted by molar-refractivity contribution is 5.79. The van der Waals surface area contributed by atoms with Crippen LogP contribution in [-0.4, -0.2) is 44.7 Å². The summed E-state index contributed by atoms with van der Waals surface area (Å²) in [5.41, 5.74) is 5.21. The first-order valence-electron chi connectivity index (χ1n) is 10.1. The monoisotopic (exact) mass is 380 g/mol. The lowest BCUT2D eigenvalue weighted by atomic mass is 10.1. The van der Waals surface area contributed by atoms with Gasteiger partial charge in [-0.2, -0.15) is 0 Å². The molecule has 5 heteroatoms. The van der Waals surface area contributed by atoms with Crippen molar-refractivity contribution in [2.24, 2.45) is 4.99 Å². The molecule has 0 aliphatic carbocycles. The van der Waals surface area contributed by atoms with Gasteiger partial charge in [0.2, 0.25) is 0 Å². The highest BCUT2D eigenvalue weighted by Crippen LogP contribution is 2.25.